The van der Waals surface area contributed by atoms with E-state index in [2.05, 4.69) is 4.98 Å². The van der Waals surface area contributed by atoms with Gasteiger partial charge in [-0.25, -0.2) is 13.8 Å². The molecule has 0 bridgehead atoms. The number of aromatic hydroxyl groups is 1. The third-order valence-corrected chi connectivity index (χ3v) is 1.43. The van der Waals surface area contributed by atoms with E-state index < -0.39 is 29.2 Å². The molecule has 0 fully saturated rings. The number of hydrogen-bond acceptors (Lipinski definition) is 3. The van der Waals surface area contributed by atoms with Crippen LogP contribution in [0.15, 0.2) is 6.20 Å². The summed E-state index contributed by atoms with van der Waals surface area (Å²) in [6.07, 6.45) is -2.50. The van der Waals surface area contributed by atoms with Crippen molar-refractivity contribution < 1.29 is 23.1 Å². The van der Waals surface area contributed by atoms with Gasteiger partial charge in [-0.15, -0.1) is 0 Å². The Morgan fingerprint density at radius 2 is 2.15 bits per heavy atom. The Morgan fingerprint density at radius 1 is 1.54 bits per heavy atom. The van der Waals surface area contributed by atoms with Crippen molar-refractivity contribution in [1.29, 1.82) is 0 Å². The number of carbonyl (C=O) groups excluding carboxylic acids is 1. The van der Waals surface area contributed by atoms with Gasteiger partial charge >= 0.3 is 0 Å². The summed E-state index contributed by atoms with van der Waals surface area (Å²) in [7, 11) is 0. The van der Waals surface area contributed by atoms with Crippen LogP contribution in [0.2, 0.25) is 0 Å². The molecule has 0 aliphatic rings. The van der Waals surface area contributed by atoms with Gasteiger partial charge in [-0.3, -0.25) is 4.79 Å². The maximum atomic E-state index is 12.4. The predicted octanol–water partition coefficient (Wildman–Crippen LogP) is 1.68. The van der Waals surface area contributed by atoms with Gasteiger partial charge in [0.05, 0.1) is 11.1 Å². The summed E-state index contributed by atoms with van der Waals surface area (Å²) >= 11 is 0. The van der Waals surface area contributed by atoms with E-state index in [1.54, 1.807) is 0 Å². The van der Waals surface area contributed by atoms with Gasteiger partial charge < -0.3 is 5.11 Å². The Bertz CT molecular complexity index is 341. The van der Waals surface area contributed by atoms with Crippen molar-refractivity contribution in [3.8, 4) is 5.75 Å². The van der Waals surface area contributed by atoms with E-state index in [-0.39, 0.29) is 6.29 Å². The average Bonchev–Trinajstić information content (AvgIpc) is 2.09. The monoisotopic (exact) mass is 191 g/mol. The predicted molar refractivity (Wildman–Crippen MR) is 36.2 cm³/mol. The summed E-state index contributed by atoms with van der Waals surface area (Å²) in [5.74, 6) is -2.49. The molecule has 0 spiro atoms. The number of aldehydes is 1. The number of pyridine rings is 1. The lowest BCUT2D eigenvalue weighted by molar-refractivity contribution is 0.110. The number of nitrogens with zero attached hydrogens (tertiary/aromatic N) is 1. The molecule has 0 saturated carbocycles. The molecule has 1 aromatic heterocycles. The molecule has 0 aliphatic heterocycles. The van der Waals surface area contributed by atoms with Gasteiger partial charge in [-0.1, -0.05) is 0 Å². The highest BCUT2D eigenvalue weighted by molar-refractivity contribution is 5.81. The minimum Gasteiger partial charge on any atom is -0.503 e. The minimum absolute atomic E-state index is 0.0401. The molecule has 1 aromatic rings. The largest absolute Gasteiger partial charge is 0.503 e. The molecule has 0 amide bonds. The van der Waals surface area contributed by atoms with Gasteiger partial charge in [0.25, 0.3) is 12.4 Å². The SMILES string of the molecule is O=Cc1c(C(F)F)cnc(F)c1O. The van der Waals surface area contributed by atoms with E-state index >= 15 is 0 Å². The van der Waals surface area contributed by atoms with Crippen LogP contribution in [-0.2, 0) is 0 Å². The van der Waals surface area contributed by atoms with Crippen LogP contribution in [0.25, 0.3) is 0 Å². The van der Waals surface area contributed by atoms with E-state index in [4.69, 9.17) is 5.11 Å². The summed E-state index contributed by atoms with van der Waals surface area (Å²) < 4.78 is 36.6. The number of alkyl halides is 2. The zero-order valence-electron chi connectivity index (χ0n) is 6.17. The molecule has 70 valence electrons. The van der Waals surface area contributed by atoms with Crippen molar-refractivity contribution in [3.63, 3.8) is 0 Å². The van der Waals surface area contributed by atoms with Gasteiger partial charge in [0.2, 0.25) is 0 Å². The first kappa shape index (κ1) is 9.50. The lowest BCUT2D eigenvalue weighted by Gasteiger charge is -2.04. The molecule has 0 atom stereocenters. The van der Waals surface area contributed by atoms with E-state index in [0.717, 1.165) is 0 Å². The first-order valence-corrected chi connectivity index (χ1v) is 3.18. The van der Waals surface area contributed by atoms with Crippen LogP contribution in [0.5, 0.6) is 5.75 Å². The highest BCUT2D eigenvalue weighted by Gasteiger charge is 2.19. The van der Waals surface area contributed by atoms with Gasteiger partial charge in [-0.2, -0.15) is 4.39 Å². The van der Waals surface area contributed by atoms with Crippen molar-refractivity contribution >= 4 is 6.29 Å². The molecule has 6 heteroatoms. The second-order valence-corrected chi connectivity index (χ2v) is 2.19. The summed E-state index contributed by atoms with van der Waals surface area (Å²) in [5.41, 5.74) is -1.54. The molecular formula is C7H4F3NO2. The standard InChI is InChI=1S/C7H4F3NO2/c8-6(9)3-1-11-7(10)5(13)4(3)2-12/h1-2,6,13H. The number of hydrogen-bond donors (Lipinski definition) is 1. The van der Waals surface area contributed by atoms with Crippen LogP contribution in [0.4, 0.5) is 13.2 Å². The molecule has 1 rings (SSSR count). The number of aromatic nitrogens is 1. The molecule has 1 heterocycles. The first-order valence-electron chi connectivity index (χ1n) is 3.18. The van der Waals surface area contributed by atoms with Crippen LogP contribution in [0.3, 0.4) is 0 Å². The third kappa shape index (κ3) is 1.61. The Labute approximate surface area is 70.8 Å². The smallest absolute Gasteiger partial charge is 0.266 e. The van der Waals surface area contributed by atoms with Crippen molar-refractivity contribution in [2.45, 2.75) is 6.43 Å². The van der Waals surface area contributed by atoms with Gasteiger partial charge in [0, 0.05) is 6.20 Å². The fourth-order valence-corrected chi connectivity index (χ4v) is 0.802. The van der Waals surface area contributed by atoms with Crippen molar-refractivity contribution in [2.24, 2.45) is 0 Å². The topological polar surface area (TPSA) is 50.2 Å². The average molecular weight is 191 g/mol. The van der Waals surface area contributed by atoms with E-state index in [1.807, 2.05) is 0 Å². The van der Waals surface area contributed by atoms with Gasteiger partial charge in [0.15, 0.2) is 12.0 Å². The molecule has 13 heavy (non-hydrogen) atoms. The highest BCUT2D eigenvalue weighted by atomic mass is 19.3. The van der Waals surface area contributed by atoms with Gasteiger partial charge in [-0.05, 0) is 0 Å². The summed E-state index contributed by atoms with van der Waals surface area (Å²) in [5, 5.41) is 8.83. The normalized spacial score (nSPS) is 10.5. The minimum atomic E-state index is -2.97. The Morgan fingerprint density at radius 3 is 2.62 bits per heavy atom. The van der Waals surface area contributed by atoms with Crippen LogP contribution in [0, 0.1) is 5.95 Å². The zero-order valence-corrected chi connectivity index (χ0v) is 6.17. The summed E-state index contributed by atoms with van der Waals surface area (Å²) in [4.78, 5) is 13.1. The Hall–Kier alpha value is -1.59. The van der Waals surface area contributed by atoms with E-state index in [9.17, 15) is 18.0 Å². The maximum Gasteiger partial charge on any atom is 0.266 e. The second kappa shape index (κ2) is 3.42. The van der Waals surface area contributed by atoms with Crippen molar-refractivity contribution in [1.82, 2.24) is 4.98 Å². The van der Waals surface area contributed by atoms with Crippen LogP contribution < -0.4 is 0 Å². The Balaban J connectivity index is 3.38. The number of halogens is 3. The molecule has 0 radical (unpaired) electrons. The Kier molecular flexibility index (Phi) is 2.50. The highest BCUT2D eigenvalue weighted by Crippen LogP contribution is 2.28. The lowest BCUT2D eigenvalue weighted by Crippen LogP contribution is -1.98. The molecule has 0 saturated heterocycles. The molecule has 0 aliphatic carbocycles. The van der Waals surface area contributed by atoms with E-state index in [0.29, 0.717) is 6.20 Å². The molecule has 3 nitrogen and oxygen atoms in total. The van der Waals surface area contributed by atoms with Crippen molar-refractivity contribution in [3.05, 3.63) is 23.3 Å². The lowest BCUT2D eigenvalue weighted by atomic mass is 10.1. The number of carbonyl (C=O) groups is 1. The van der Waals surface area contributed by atoms with Gasteiger partial charge in [0.1, 0.15) is 0 Å². The fourth-order valence-electron chi connectivity index (χ4n) is 0.802. The van der Waals surface area contributed by atoms with Crippen LogP contribution >= 0.6 is 0 Å². The summed E-state index contributed by atoms with van der Waals surface area (Å²) in [6.45, 7) is 0. The number of rotatable bonds is 2. The van der Waals surface area contributed by atoms with E-state index in [1.165, 1.54) is 0 Å². The first-order chi connectivity index (χ1) is 6.07. The quantitative estimate of drug-likeness (QED) is 0.571. The molecule has 0 aromatic carbocycles. The second-order valence-electron chi connectivity index (χ2n) is 2.19. The third-order valence-electron chi connectivity index (χ3n) is 1.43. The van der Waals surface area contributed by atoms with Crippen molar-refractivity contribution in [2.75, 3.05) is 0 Å². The molecule has 1 N–H and O–H groups in total. The fraction of sp³-hybridized carbons (Fsp3) is 0.143. The maximum absolute atomic E-state index is 12.4. The molecular weight excluding hydrogens is 187 g/mol. The van der Waals surface area contributed by atoms with Crippen LogP contribution in [0.1, 0.15) is 22.3 Å². The summed E-state index contributed by atoms with van der Waals surface area (Å²) in [6, 6.07) is 0. The molecule has 0 unspecified atom stereocenters. The zero-order chi connectivity index (χ0) is 10.0. The van der Waals surface area contributed by atoms with Crippen LogP contribution in [-0.4, -0.2) is 16.4 Å².